The number of rotatable bonds is 5. The smallest absolute Gasteiger partial charge is 0.255 e. The maximum Gasteiger partial charge on any atom is 0.255 e. The quantitative estimate of drug-likeness (QED) is 0.801. The number of aryl methyl sites for hydroxylation is 1. The Bertz CT molecular complexity index is 345. The Hall–Kier alpha value is -1.29. The van der Waals surface area contributed by atoms with Crippen molar-refractivity contribution in [1.29, 1.82) is 0 Å². The van der Waals surface area contributed by atoms with Crippen LogP contribution in [0.25, 0.3) is 0 Å². The lowest BCUT2D eigenvalue weighted by molar-refractivity contribution is 0.0893. The highest BCUT2D eigenvalue weighted by molar-refractivity contribution is 5.95. The van der Waals surface area contributed by atoms with Gasteiger partial charge in [-0.1, -0.05) is 13.8 Å². The van der Waals surface area contributed by atoms with Crippen molar-refractivity contribution in [2.24, 2.45) is 5.73 Å². The molecule has 1 aromatic rings. The zero-order valence-corrected chi connectivity index (χ0v) is 10.2. The van der Waals surface area contributed by atoms with Gasteiger partial charge in [-0.3, -0.25) is 4.79 Å². The van der Waals surface area contributed by atoms with Crippen LogP contribution in [-0.2, 0) is 0 Å². The molecule has 1 amide bonds. The summed E-state index contributed by atoms with van der Waals surface area (Å²) in [5.41, 5.74) is 6.01. The minimum absolute atomic E-state index is 0.111. The summed E-state index contributed by atoms with van der Waals surface area (Å²) in [6, 6.07) is 1.68. The van der Waals surface area contributed by atoms with E-state index in [0.717, 1.165) is 12.8 Å². The molecule has 0 saturated carbocycles. The first-order valence-corrected chi connectivity index (χ1v) is 5.65. The van der Waals surface area contributed by atoms with Crippen LogP contribution in [0.1, 0.15) is 42.8 Å². The van der Waals surface area contributed by atoms with Crippen molar-refractivity contribution in [3.05, 3.63) is 23.7 Å². The molecule has 0 unspecified atom stereocenters. The number of furan rings is 1. The number of amides is 1. The molecule has 1 heterocycles. The van der Waals surface area contributed by atoms with Gasteiger partial charge in [0.15, 0.2) is 0 Å². The van der Waals surface area contributed by atoms with Gasteiger partial charge in [0.25, 0.3) is 5.91 Å². The number of hydrogen-bond acceptors (Lipinski definition) is 3. The van der Waals surface area contributed by atoms with Gasteiger partial charge in [-0.05, 0) is 25.8 Å². The van der Waals surface area contributed by atoms with Crippen LogP contribution in [0.15, 0.2) is 16.7 Å². The lowest BCUT2D eigenvalue weighted by Crippen LogP contribution is -2.52. The predicted molar refractivity (Wildman–Crippen MR) is 63.3 cm³/mol. The molecule has 4 nitrogen and oxygen atoms in total. The number of hydrogen-bond donors (Lipinski definition) is 2. The molecule has 1 rings (SSSR count). The molecule has 0 spiro atoms. The normalized spacial score (nSPS) is 11.5. The molecule has 16 heavy (non-hydrogen) atoms. The summed E-state index contributed by atoms with van der Waals surface area (Å²) in [7, 11) is 0. The molecule has 0 aromatic carbocycles. The zero-order valence-electron chi connectivity index (χ0n) is 10.2. The summed E-state index contributed by atoms with van der Waals surface area (Å²) in [5, 5.41) is 3.00. The third-order valence-electron chi connectivity index (χ3n) is 3.23. The van der Waals surface area contributed by atoms with Crippen molar-refractivity contribution < 1.29 is 9.21 Å². The zero-order chi connectivity index (χ0) is 12.2. The molecule has 0 aliphatic carbocycles. The first-order chi connectivity index (χ1) is 7.58. The van der Waals surface area contributed by atoms with Gasteiger partial charge in [0.1, 0.15) is 5.76 Å². The van der Waals surface area contributed by atoms with E-state index >= 15 is 0 Å². The first-order valence-electron chi connectivity index (χ1n) is 5.65. The minimum Gasteiger partial charge on any atom is -0.469 e. The average Bonchev–Trinajstić information content (AvgIpc) is 2.72. The number of nitrogens with two attached hydrogens (primary N) is 1. The van der Waals surface area contributed by atoms with E-state index in [2.05, 4.69) is 5.32 Å². The third-order valence-corrected chi connectivity index (χ3v) is 3.23. The van der Waals surface area contributed by atoms with Crippen molar-refractivity contribution in [3.63, 3.8) is 0 Å². The molecule has 1 aromatic heterocycles. The van der Waals surface area contributed by atoms with Gasteiger partial charge in [0.2, 0.25) is 0 Å². The summed E-state index contributed by atoms with van der Waals surface area (Å²) >= 11 is 0. The molecular formula is C12H20N2O2. The summed E-state index contributed by atoms with van der Waals surface area (Å²) in [4.78, 5) is 12.0. The average molecular weight is 224 g/mol. The molecule has 0 bridgehead atoms. The topological polar surface area (TPSA) is 68.3 Å². The molecule has 0 fully saturated rings. The molecular weight excluding hydrogens is 204 g/mol. The van der Waals surface area contributed by atoms with Gasteiger partial charge in [0, 0.05) is 6.54 Å². The Morgan fingerprint density at radius 1 is 1.50 bits per heavy atom. The molecule has 0 radical (unpaired) electrons. The lowest BCUT2D eigenvalue weighted by Gasteiger charge is -2.31. The van der Waals surface area contributed by atoms with E-state index in [0.29, 0.717) is 17.9 Å². The summed E-state index contributed by atoms with van der Waals surface area (Å²) in [6.45, 7) is 6.28. The maximum atomic E-state index is 12.0. The fourth-order valence-corrected chi connectivity index (χ4v) is 1.70. The monoisotopic (exact) mass is 224 g/mol. The summed E-state index contributed by atoms with van der Waals surface area (Å²) in [6.07, 6.45) is 3.16. The largest absolute Gasteiger partial charge is 0.469 e. The van der Waals surface area contributed by atoms with Crippen LogP contribution in [-0.4, -0.2) is 18.0 Å². The van der Waals surface area contributed by atoms with Crippen molar-refractivity contribution in [1.82, 2.24) is 5.32 Å². The van der Waals surface area contributed by atoms with Gasteiger partial charge >= 0.3 is 0 Å². The second-order valence-corrected chi connectivity index (χ2v) is 4.04. The number of carbonyl (C=O) groups excluding carboxylic acids is 1. The SMILES string of the molecule is CCC(CC)(CN)NC(=O)c1ccoc1C. The van der Waals surface area contributed by atoms with Gasteiger partial charge in [-0.2, -0.15) is 0 Å². The van der Waals surface area contributed by atoms with Crippen LogP contribution in [0.5, 0.6) is 0 Å². The Labute approximate surface area is 96.2 Å². The Morgan fingerprint density at radius 3 is 2.50 bits per heavy atom. The fourth-order valence-electron chi connectivity index (χ4n) is 1.70. The summed E-state index contributed by atoms with van der Waals surface area (Å²) in [5.74, 6) is 0.524. The molecule has 4 heteroatoms. The second kappa shape index (κ2) is 5.16. The van der Waals surface area contributed by atoms with E-state index in [-0.39, 0.29) is 11.4 Å². The molecule has 0 aliphatic heterocycles. The Balaban J connectivity index is 2.81. The van der Waals surface area contributed by atoms with E-state index in [4.69, 9.17) is 10.2 Å². The third kappa shape index (κ3) is 2.44. The lowest BCUT2D eigenvalue weighted by atomic mass is 9.92. The van der Waals surface area contributed by atoms with Gasteiger partial charge < -0.3 is 15.5 Å². The summed E-state index contributed by atoms with van der Waals surface area (Å²) < 4.78 is 5.11. The van der Waals surface area contributed by atoms with E-state index < -0.39 is 0 Å². The van der Waals surface area contributed by atoms with E-state index in [1.807, 2.05) is 13.8 Å². The maximum absolute atomic E-state index is 12.0. The molecule has 0 atom stereocenters. The van der Waals surface area contributed by atoms with Crippen molar-refractivity contribution in [2.45, 2.75) is 39.2 Å². The van der Waals surface area contributed by atoms with Crippen LogP contribution >= 0.6 is 0 Å². The Kier molecular flexibility index (Phi) is 4.12. The van der Waals surface area contributed by atoms with Crippen LogP contribution < -0.4 is 11.1 Å². The molecule has 90 valence electrons. The fraction of sp³-hybridized carbons (Fsp3) is 0.583. The minimum atomic E-state index is -0.305. The van der Waals surface area contributed by atoms with Gasteiger partial charge in [0.05, 0.1) is 17.4 Å². The molecule has 0 aliphatic rings. The highest BCUT2D eigenvalue weighted by Gasteiger charge is 2.27. The molecule has 0 saturated heterocycles. The second-order valence-electron chi connectivity index (χ2n) is 4.04. The van der Waals surface area contributed by atoms with Crippen LogP contribution in [0.2, 0.25) is 0 Å². The van der Waals surface area contributed by atoms with E-state index in [1.165, 1.54) is 6.26 Å². The predicted octanol–water partition coefficient (Wildman–Crippen LogP) is 1.84. The standard InChI is InChI=1S/C12H20N2O2/c1-4-12(5-2,8-13)14-11(15)10-6-7-16-9(10)3/h6-7H,4-5,8,13H2,1-3H3,(H,14,15). The number of nitrogens with one attached hydrogen (secondary N) is 1. The molecule has 3 N–H and O–H groups in total. The van der Waals surface area contributed by atoms with Gasteiger partial charge in [-0.25, -0.2) is 0 Å². The van der Waals surface area contributed by atoms with E-state index in [9.17, 15) is 4.79 Å². The van der Waals surface area contributed by atoms with Crippen LogP contribution in [0, 0.1) is 6.92 Å². The van der Waals surface area contributed by atoms with Crippen molar-refractivity contribution >= 4 is 5.91 Å². The highest BCUT2D eigenvalue weighted by atomic mass is 16.3. The van der Waals surface area contributed by atoms with E-state index in [1.54, 1.807) is 13.0 Å². The van der Waals surface area contributed by atoms with Crippen molar-refractivity contribution in [3.8, 4) is 0 Å². The van der Waals surface area contributed by atoms with Crippen LogP contribution in [0.3, 0.4) is 0 Å². The van der Waals surface area contributed by atoms with Gasteiger partial charge in [-0.15, -0.1) is 0 Å². The first kappa shape index (κ1) is 12.8. The van der Waals surface area contributed by atoms with Crippen LogP contribution in [0.4, 0.5) is 0 Å². The Morgan fingerprint density at radius 2 is 2.12 bits per heavy atom. The number of carbonyl (C=O) groups is 1. The highest BCUT2D eigenvalue weighted by Crippen LogP contribution is 2.16. The van der Waals surface area contributed by atoms with Crippen molar-refractivity contribution in [2.75, 3.05) is 6.54 Å².